The Morgan fingerprint density at radius 2 is 2.33 bits per heavy atom. The minimum Gasteiger partial charge on any atom is -0.382 e. The summed E-state index contributed by atoms with van der Waals surface area (Å²) in [6.45, 7) is 5.89. The summed E-state index contributed by atoms with van der Waals surface area (Å²) in [6.07, 6.45) is 3.03. The van der Waals surface area contributed by atoms with E-state index in [-0.39, 0.29) is 6.10 Å². The molecule has 100 valence electrons. The van der Waals surface area contributed by atoms with E-state index in [1.165, 1.54) is 0 Å². The van der Waals surface area contributed by atoms with Crippen LogP contribution in [0.15, 0.2) is 18.3 Å². The van der Waals surface area contributed by atoms with E-state index in [1.54, 1.807) is 6.20 Å². The van der Waals surface area contributed by atoms with Gasteiger partial charge in [0.25, 0.3) is 0 Å². The second-order valence-electron chi connectivity index (χ2n) is 4.31. The first-order valence-electron chi connectivity index (χ1n) is 6.51. The Morgan fingerprint density at radius 3 is 3.11 bits per heavy atom. The number of ether oxygens (including phenoxy) is 2. The summed E-state index contributed by atoms with van der Waals surface area (Å²) in [5.74, 6) is 0.905. The Labute approximate surface area is 108 Å². The highest BCUT2D eigenvalue weighted by Gasteiger charge is 2.13. The van der Waals surface area contributed by atoms with Gasteiger partial charge in [0.1, 0.15) is 5.82 Å². The van der Waals surface area contributed by atoms with Crippen LogP contribution in [0.5, 0.6) is 0 Å². The smallest absolute Gasteiger partial charge is 0.127 e. The van der Waals surface area contributed by atoms with E-state index in [2.05, 4.69) is 22.5 Å². The van der Waals surface area contributed by atoms with Crippen molar-refractivity contribution in [3.63, 3.8) is 0 Å². The van der Waals surface area contributed by atoms with Crippen LogP contribution in [0.4, 0.5) is 11.5 Å². The molecule has 2 N–H and O–H groups in total. The molecule has 0 bridgehead atoms. The zero-order valence-corrected chi connectivity index (χ0v) is 10.8. The maximum atomic E-state index is 5.58. The molecule has 2 heterocycles. The van der Waals surface area contributed by atoms with Crippen molar-refractivity contribution in [2.75, 3.05) is 43.5 Å². The van der Waals surface area contributed by atoms with E-state index < -0.39 is 0 Å². The van der Waals surface area contributed by atoms with Gasteiger partial charge in [-0.3, -0.25) is 0 Å². The van der Waals surface area contributed by atoms with Gasteiger partial charge in [0.05, 0.1) is 25.9 Å². The number of aromatic nitrogens is 1. The lowest BCUT2D eigenvalue weighted by atomic mass is 10.3. The molecule has 1 unspecified atom stereocenters. The van der Waals surface area contributed by atoms with Gasteiger partial charge in [-0.05, 0) is 12.5 Å². The van der Waals surface area contributed by atoms with Gasteiger partial charge >= 0.3 is 0 Å². The largest absolute Gasteiger partial charge is 0.382 e. The van der Waals surface area contributed by atoms with E-state index in [0.717, 1.165) is 31.0 Å². The fourth-order valence-corrected chi connectivity index (χ4v) is 1.78. The average molecular weight is 251 g/mol. The second kappa shape index (κ2) is 7.18. The molecule has 18 heavy (non-hydrogen) atoms. The van der Waals surface area contributed by atoms with Gasteiger partial charge < -0.3 is 20.1 Å². The van der Waals surface area contributed by atoms with Crippen molar-refractivity contribution in [1.29, 1.82) is 0 Å². The molecule has 5 nitrogen and oxygen atoms in total. The lowest BCUT2D eigenvalue weighted by molar-refractivity contribution is -0.0818. The molecular weight excluding hydrogens is 230 g/mol. The molecule has 0 spiro atoms. The van der Waals surface area contributed by atoms with Crippen LogP contribution in [0.25, 0.3) is 0 Å². The fourth-order valence-electron chi connectivity index (χ4n) is 1.78. The molecule has 0 saturated carbocycles. The molecule has 1 aromatic rings. The molecular formula is C13H21N3O2. The van der Waals surface area contributed by atoms with Crippen molar-refractivity contribution < 1.29 is 9.47 Å². The molecule has 0 aliphatic carbocycles. The summed E-state index contributed by atoms with van der Waals surface area (Å²) >= 11 is 0. The Morgan fingerprint density at radius 1 is 1.39 bits per heavy atom. The third-order valence-electron chi connectivity index (χ3n) is 2.73. The third-order valence-corrected chi connectivity index (χ3v) is 2.73. The van der Waals surface area contributed by atoms with Gasteiger partial charge in [-0.1, -0.05) is 6.92 Å². The van der Waals surface area contributed by atoms with E-state index >= 15 is 0 Å². The number of pyridine rings is 1. The van der Waals surface area contributed by atoms with Crippen molar-refractivity contribution in [1.82, 2.24) is 4.98 Å². The van der Waals surface area contributed by atoms with Crippen LogP contribution in [0, 0.1) is 0 Å². The minimum absolute atomic E-state index is 0.138. The molecule has 1 saturated heterocycles. The predicted octanol–water partition coefficient (Wildman–Crippen LogP) is 1.73. The molecule has 1 aromatic heterocycles. The van der Waals surface area contributed by atoms with Crippen LogP contribution in [-0.2, 0) is 9.47 Å². The molecule has 5 heteroatoms. The summed E-state index contributed by atoms with van der Waals surface area (Å²) in [6, 6.07) is 3.97. The quantitative estimate of drug-likeness (QED) is 0.806. The van der Waals surface area contributed by atoms with Crippen molar-refractivity contribution >= 4 is 11.5 Å². The monoisotopic (exact) mass is 251 g/mol. The Hall–Kier alpha value is -1.33. The first-order valence-corrected chi connectivity index (χ1v) is 6.51. The zero-order valence-electron chi connectivity index (χ0n) is 10.8. The number of anilines is 2. The highest BCUT2D eigenvalue weighted by atomic mass is 16.6. The van der Waals surface area contributed by atoms with Crippen LogP contribution in [-0.4, -0.2) is 44.0 Å². The predicted molar refractivity (Wildman–Crippen MR) is 72.1 cm³/mol. The fraction of sp³-hybridized carbons (Fsp3) is 0.615. The Kier molecular flexibility index (Phi) is 5.23. The number of hydrogen-bond acceptors (Lipinski definition) is 5. The van der Waals surface area contributed by atoms with Crippen molar-refractivity contribution in [2.24, 2.45) is 0 Å². The summed E-state index contributed by atoms with van der Waals surface area (Å²) in [5, 5.41) is 6.61. The summed E-state index contributed by atoms with van der Waals surface area (Å²) < 4.78 is 10.9. The first kappa shape index (κ1) is 13.1. The minimum atomic E-state index is 0.138. The zero-order chi connectivity index (χ0) is 12.6. The molecule has 1 aliphatic heterocycles. The van der Waals surface area contributed by atoms with E-state index in [1.807, 2.05) is 12.1 Å². The van der Waals surface area contributed by atoms with Crippen LogP contribution >= 0.6 is 0 Å². The summed E-state index contributed by atoms with van der Waals surface area (Å²) in [5.41, 5.74) is 1.05. The number of hydrogen-bond donors (Lipinski definition) is 2. The van der Waals surface area contributed by atoms with Gasteiger partial charge in [0.15, 0.2) is 0 Å². The second-order valence-corrected chi connectivity index (χ2v) is 4.31. The summed E-state index contributed by atoms with van der Waals surface area (Å²) in [4.78, 5) is 4.26. The number of nitrogens with one attached hydrogen (secondary N) is 2. The van der Waals surface area contributed by atoms with Crippen LogP contribution in [0.3, 0.4) is 0 Å². The van der Waals surface area contributed by atoms with Gasteiger partial charge in [-0.2, -0.15) is 0 Å². The Balaban J connectivity index is 1.80. The summed E-state index contributed by atoms with van der Waals surface area (Å²) in [7, 11) is 0. The highest BCUT2D eigenvalue weighted by molar-refractivity contribution is 5.51. The van der Waals surface area contributed by atoms with Gasteiger partial charge in [0, 0.05) is 31.0 Å². The number of nitrogens with zero attached hydrogens (tertiary/aromatic N) is 1. The Bertz CT molecular complexity index is 354. The molecule has 0 amide bonds. The van der Waals surface area contributed by atoms with Crippen molar-refractivity contribution in [3.8, 4) is 0 Å². The molecule has 1 fully saturated rings. The topological polar surface area (TPSA) is 55.4 Å². The average Bonchev–Trinajstić information content (AvgIpc) is 2.44. The van der Waals surface area contributed by atoms with Crippen LogP contribution in [0.2, 0.25) is 0 Å². The standard InChI is InChI=1S/C13H21N3O2/c1-2-4-14-13-8-11(3-5-15-13)16-9-12-10-17-6-7-18-12/h3,5,8,12H,2,4,6-7,9-10H2,1H3,(H2,14,15,16). The third kappa shape index (κ3) is 4.16. The SMILES string of the molecule is CCCNc1cc(NCC2COCCO2)ccn1. The maximum absolute atomic E-state index is 5.58. The lowest BCUT2D eigenvalue weighted by Gasteiger charge is -2.23. The van der Waals surface area contributed by atoms with Crippen molar-refractivity contribution in [3.05, 3.63) is 18.3 Å². The van der Waals surface area contributed by atoms with Crippen LogP contribution in [0.1, 0.15) is 13.3 Å². The lowest BCUT2D eigenvalue weighted by Crippen LogP contribution is -2.34. The van der Waals surface area contributed by atoms with E-state index in [4.69, 9.17) is 9.47 Å². The molecule has 0 aromatic carbocycles. The normalized spacial score (nSPS) is 19.5. The maximum Gasteiger partial charge on any atom is 0.127 e. The highest BCUT2D eigenvalue weighted by Crippen LogP contribution is 2.12. The number of rotatable bonds is 6. The van der Waals surface area contributed by atoms with Gasteiger partial charge in [-0.15, -0.1) is 0 Å². The van der Waals surface area contributed by atoms with E-state index in [0.29, 0.717) is 19.8 Å². The molecule has 1 aliphatic rings. The molecule has 0 radical (unpaired) electrons. The van der Waals surface area contributed by atoms with Gasteiger partial charge in [0.2, 0.25) is 0 Å². The first-order chi connectivity index (χ1) is 8.88. The van der Waals surface area contributed by atoms with Crippen molar-refractivity contribution in [2.45, 2.75) is 19.4 Å². The van der Waals surface area contributed by atoms with E-state index in [9.17, 15) is 0 Å². The van der Waals surface area contributed by atoms with Gasteiger partial charge in [-0.25, -0.2) is 4.98 Å². The molecule has 1 atom stereocenters. The van der Waals surface area contributed by atoms with Crippen LogP contribution < -0.4 is 10.6 Å². The molecule has 2 rings (SSSR count).